The van der Waals surface area contributed by atoms with Gasteiger partial charge in [0.25, 0.3) is 0 Å². The third kappa shape index (κ3) is 3.99. The van der Waals surface area contributed by atoms with E-state index in [1.807, 2.05) is 37.0 Å². The summed E-state index contributed by atoms with van der Waals surface area (Å²) in [5.74, 6) is 0. The minimum absolute atomic E-state index is 0.351. The summed E-state index contributed by atoms with van der Waals surface area (Å²) in [6.07, 6.45) is 1.64. The molecule has 1 heterocycles. The van der Waals surface area contributed by atoms with Crippen molar-refractivity contribution in [2.24, 2.45) is 5.73 Å². The summed E-state index contributed by atoms with van der Waals surface area (Å²) >= 11 is 15.7. The summed E-state index contributed by atoms with van der Waals surface area (Å²) in [5, 5.41) is 5.54. The Morgan fingerprint density at radius 3 is 2.67 bits per heavy atom. The van der Waals surface area contributed by atoms with Crippen LogP contribution in [0.25, 0.3) is 0 Å². The highest BCUT2D eigenvalue weighted by atomic mass is 79.9. The van der Waals surface area contributed by atoms with Gasteiger partial charge in [-0.1, -0.05) is 29.3 Å². The van der Waals surface area contributed by atoms with Gasteiger partial charge in [-0.25, -0.2) is 0 Å². The molecule has 0 radical (unpaired) electrons. The van der Waals surface area contributed by atoms with Crippen LogP contribution in [-0.2, 0) is 6.54 Å². The Hall–Kier alpha value is -0.590. The van der Waals surface area contributed by atoms with Crippen molar-refractivity contribution in [1.29, 1.82) is 0 Å². The first-order valence-electron chi connectivity index (χ1n) is 6.46. The Balaban J connectivity index is 2.31. The third-order valence-electron chi connectivity index (χ3n) is 3.19. The average Bonchev–Trinajstić information content (AvgIpc) is 2.80. The van der Waals surface area contributed by atoms with Gasteiger partial charge in [-0.05, 0) is 47.7 Å². The average molecular weight is 392 g/mol. The maximum absolute atomic E-state index is 6.36. The predicted octanol–water partition coefficient (Wildman–Crippen LogP) is 3.56. The van der Waals surface area contributed by atoms with Crippen molar-refractivity contribution in [1.82, 2.24) is 14.7 Å². The highest BCUT2D eigenvalue weighted by Gasteiger charge is 2.19. The van der Waals surface area contributed by atoms with E-state index < -0.39 is 0 Å². The van der Waals surface area contributed by atoms with Gasteiger partial charge in [0.1, 0.15) is 0 Å². The molecule has 2 N–H and O–H groups in total. The van der Waals surface area contributed by atoms with Crippen LogP contribution >= 0.6 is 39.1 Å². The van der Waals surface area contributed by atoms with Gasteiger partial charge in [0.05, 0.1) is 34.5 Å². The molecule has 2 aromatic rings. The lowest BCUT2D eigenvalue weighted by atomic mass is 10.0. The molecule has 7 heteroatoms. The molecule has 1 unspecified atom stereocenters. The lowest BCUT2D eigenvalue weighted by Gasteiger charge is -2.17. The topological polar surface area (TPSA) is 47.1 Å². The van der Waals surface area contributed by atoms with E-state index in [1.165, 1.54) is 0 Å². The molecule has 0 aliphatic heterocycles. The van der Waals surface area contributed by atoms with Crippen LogP contribution in [0.3, 0.4) is 0 Å². The van der Waals surface area contributed by atoms with Crippen molar-refractivity contribution in [3.63, 3.8) is 0 Å². The molecule has 0 aliphatic rings. The normalized spacial score (nSPS) is 12.9. The van der Waals surface area contributed by atoms with Gasteiger partial charge in [0.15, 0.2) is 0 Å². The number of aromatic nitrogens is 2. The molecular weight excluding hydrogens is 375 g/mol. The van der Waals surface area contributed by atoms with E-state index in [0.717, 1.165) is 28.8 Å². The maximum Gasteiger partial charge on any atom is 0.0837 e. The van der Waals surface area contributed by atoms with Gasteiger partial charge in [0, 0.05) is 11.0 Å². The van der Waals surface area contributed by atoms with E-state index in [9.17, 15) is 0 Å². The lowest BCUT2D eigenvalue weighted by molar-refractivity contribution is 0.368. The highest BCUT2D eigenvalue weighted by Crippen LogP contribution is 2.30. The van der Waals surface area contributed by atoms with E-state index in [0.29, 0.717) is 10.0 Å². The summed E-state index contributed by atoms with van der Waals surface area (Å²) in [4.78, 5) is 2.09. The summed E-state index contributed by atoms with van der Waals surface area (Å²) in [6.45, 7) is 1.60. The third-order valence-corrected chi connectivity index (χ3v) is 4.69. The zero-order valence-corrected chi connectivity index (χ0v) is 15.0. The number of likely N-dealkylation sites (N-methyl/N-ethyl adjacent to an activating group) is 1. The first-order valence-corrected chi connectivity index (χ1v) is 8.01. The largest absolute Gasteiger partial charge is 0.319 e. The number of halogens is 3. The quantitative estimate of drug-likeness (QED) is 0.847. The van der Waals surface area contributed by atoms with E-state index in [4.69, 9.17) is 28.9 Å². The lowest BCUT2D eigenvalue weighted by Crippen LogP contribution is -2.23. The Labute approximate surface area is 142 Å². The highest BCUT2D eigenvalue weighted by molar-refractivity contribution is 9.10. The molecule has 1 atom stereocenters. The van der Waals surface area contributed by atoms with Crippen LogP contribution in [-0.4, -0.2) is 35.3 Å². The molecule has 1 aromatic carbocycles. The first-order chi connectivity index (χ1) is 9.90. The van der Waals surface area contributed by atoms with Crippen molar-refractivity contribution in [2.45, 2.75) is 12.6 Å². The van der Waals surface area contributed by atoms with Crippen molar-refractivity contribution < 1.29 is 0 Å². The number of nitrogens with zero attached hydrogens (tertiary/aromatic N) is 3. The van der Waals surface area contributed by atoms with Crippen LogP contribution in [0.2, 0.25) is 10.0 Å². The van der Waals surface area contributed by atoms with Gasteiger partial charge >= 0.3 is 0 Å². The van der Waals surface area contributed by atoms with Crippen LogP contribution in [0.4, 0.5) is 0 Å². The smallest absolute Gasteiger partial charge is 0.0837 e. The minimum atomic E-state index is -0.351. The molecule has 21 heavy (non-hydrogen) atoms. The Morgan fingerprint density at radius 1 is 1.33 bits per heavy atom. The second-order valence-electron chi connectivity index (χ2n) is 5.06. The van der Waals surface area contributed by atoms with Gasteiger partial charge in [-0.15, -0.1) is 0 Å². The Bertz CT molecular complexity index is 627. The molecule has 1 aromatic heterocycles. The zero-order chi connectivity index (χ0) is 15.6. The predicted molar refractivity (Wildman–Crippen MR) is 91.0 cm³/mol. The molecule has 0 aliphatic carbocycles. The Morgan fingerprint density at radius 2 is 2.05 bits per heavy atom. The summed E-state index contributed by atoms with van der Waals surface area (Å²) in [5.41, 5.74) is 8.11. The molecule has 4 nitrogen and oxygen atoms in total. The molecule has 114 valence electrons. The van der Waals surface area contributed by atoms with Gasteiger partial charge in [0.2, 0.25) is 0 Å². The Kier molecular flexibility index (Phi) is 5.68. The molecule has 2 rings (SSSR count). The fourth-order valence-corrected chi connectivity index (χ4v) is 2.79. The number of benzene rings is 1. The number of hydrogen-bond acceptors (Lipinski definition) is 3. The summed E-state index contributed by atoms with van der Waals surface area (Å²) in [6, 6.07) is 5.27. The maximum atomic E-state index is 6.36. The number of nitrogens with two attached hydrogens (primary N) is 1. The van der Waals surface area contributed by atoms with E-state index >= 15 is 0 Å². The van der Waals surface area contributed by atoms with Crippen molar-refractivity contribution in [2.75, 3.05) is 20.6 Å². The molecule has 0 amide bonds. The van der Waals surface area contributed by atoms with E-state index in [1.54, 1.807) is 6.20 Å². The second kappa shape index (κ2) is 7.11. The van der Waals surface area contributed by atoms with Crippen LogP contribution in [0.5, 0.6) is 0 Å². The molecule has 0 saturated heterocycles. The molecule has 0 bridgehead atoms. The van der Waals surface area contributed by atoms with E-state index in [-0.39, 0.29) is 6.04 Å². The monoisotopic (exact) mass is 390 g/mol. The second-order valence-corrected chi connectivity index (χ2v) is 6.72. The molecular formula is C14H17BrCl2N4. The van der Waals surface area contributed by atoms with Crippen LogP contribution < -0.4 is 5.73 Å². The van der Waals surface area contributed by atoms with E-state index in [2.05, 4.69) is 25.9 Å². The zero-order valence-electron chi connectivity index (χ0n) is 11.9. The minimum Gasteiger partial charge on any atom is -0.319 e. The fraction of sp³-hybridized carbons (Fsp3) is 0.357. The van der Waals surface area contributed by atoms with Crippen LogP contribution in [0.15, 0.2) is 28.9 Å². The summed E-state index contributed by atoms with van der Waals surface area (Å²) < 4.78 is 2.67. The van der Waals surface area contributed by atoms with Gasteiger partial charge in [-0.2, -0.15) is 5.10 Å². The SMILES string of the molecule is CN(C)CCn1ncc(Cl)c1C(N)c1ccc(Cl)c(Br)c1. The first kappa shape index (κ1) is 16.8. The van der Waals surface area contributed by atoms with Crippen LogP contribution in [0, 0.1) is 0 Å². The van der Waals surface area contributed by atoms with Gasteiger partial charge in [-0.3, -0.25) is 4.68 Å². The molecule has 0 fully saturated rings. The van der Waals surface area contributed by atoms with Crippen molar-refractivity contribution >= 4 is 39.1 Å². The van der Waals surface area contributed by atoms with Crippen molar-refractivity contribution in [3.05, 3.63) is 50.2 Å². The van der Waals surface area contributed by atoms with Crippen LogP contribution in [0.1, 0.15) is 17.3 Å². The van der Waals surface area contributed by atoms with Gasteiger partial charge < -0.3 is 10.6 Å². The molecule has 0 spiro atoms. The summed E-state index contributed by atoms with van der Waals surface area (Å²) in [7, 11) is 4.03. The molecule has 0 saturated carbocycles. The number of hydrogen-bond donors (Lipinski definition) is 1. The number of rotatable bonds is 5. The standard InChI is InChI=1S/C14H17BrCl2N4/c1-20(2)5-6-21-14(12(17)8-19-21)13(18)9-3-4-11(16)10(15)7-9/h3-4,7-8,13H,5-6,18H2,1-2H3. The fourth-order valence-electron chi connectivity index (χ4n) is 2.02. The van der Waals surface area contributed by atoms with Crippen molar-refractivity contribution in [3.8, 4) is 0 Å².